The molecule has 2 nitrogen and oxygen atoms in total. The van der Waals surface area contributed by atoms with Crippen LogP contribution in [-0.2, 0) is 9.47 Å². The predicted octanol–water partition coefficient (Wildman–Crippen LogP) is 4.85. The summed E-state index contributed by atoms with van der Waals surface area (Å²) in [4.78, 5) is 0. The van der Waals surface area contributed by atoms with Crippen molar-refractivity contribution in [1.82, 2.24) is 0 Å². The molecule has 126 valence electrons. The van der Waals surface area contributed by atoms with Crippen LogP contribution < -0.4 is 0 Å². The minimum Gasteiger partial charge on any atom is -0.357 e. The van der Waals surface area contributed by atoms with Crippen molar-refractivity contribution in [3.8, 4) is 0 Å². The Labute approximate surface area is 139 Å². The summed E-state index contributed by atoms with van der Waals surface area (Å²) >= 11 is 0. The molecule has 0 saturated heterocycles. The van der Waals surface area contributed by atoms with Crippen molar-refractivity contribution in [2.24, 2.45) is 23.7 Å². The first-order chi connectivity index (χ1) is 10.8. The van der Waals surface area contributed by atoms with Crippen molar-refractivity contribution in [3.63, 3.8) is 0 Å². The van der Waals surface area contributed by atoms with Crippen molar-refractivity contribution in [2.75, 3.05) is 13.2 Å². The highest BCUT2D eigenvalue weighted by Gasteiger charge is 2.54. The Hall–Kier alpha value is 0.137. The van der Waals surface area contributed by atoms with Gasteiger partial charge >= 0.3 is 0 Å². The zero-order chi connectivity index (χ0) is 15.4. The quantitative estimate of drug-likeness (QED) is 0.325. The molecule has 0 heterocycles. The number of ether oxygens (including phenoxy) is 2. The second-order valence-corrected chi connectivity index (χ2v) is 9.25. The Bertz CT molecular complexity index is 325. The van der Waals surface area contributed by atoms with Gasteiger partial charge in [-0.15, -0.1) is 0 Å². The van der Waals surface area contributed by atoms with Gasteiger partial charge in [-0.3, -0.25) is 0 Å². The third kappa shape index (κ3) is 3.79. The van der Waals surface area contributed by atoms with Crippen LogP contribution >= 0.6 is 0 Å². The summed E-state index contributed by atoms with van der Waals surface area (Å²) in [6.45, 7) is 6.23. The number of unbranched alkanes of at least 4 members (excludes halogenated alkanes) is 2. The second kappa shape index (κ2) is 8.30. The van der Waals surface area contributed by atoms with E-state index in [4.69, 9.17) is 9.47 Å². The molecular formula is C19H34O2Si. The molecule has 3 fully saturated rings. The normalized spacial score (nSPS) is 36.4. The maximum atomic E-state index is 6.10. The predicted molar refractivity (Wildman–Crippen MR) is 92.1 cm³/mol. The van der Waals surface area contributed by atoms with E-state index >= 15 is 0 Å². The van der Waals surface area contributed by atoms with Crippen molar-refractivity contribution in [3.05, 3.63) is 0 Å². The van der Waals surface area contributed by atoms with Crippen LogP contribution in [0.1, 0.15) is 71.6 Å². The fourth-order valence-corrected chi connectivity index (χ4v) is 7.10. The molecule has 22 heavy (non-hydrogen) atoms. The minimum atomic E-state index is 0.0994. The molecule has 5 atom stereocenters. The smallest absolute Gasteiger partial charge is 0.137 e. The van der Waals surface area contributed by atoms with E-state index in [0.717, 1.165) is 51.9 Å². The number of fused-ring (bicyclic) bond motifs is 5. The molecule has 0 aliphatic heterocycles. The Balaban J connectivity index is 1.49. The van der Waals surface area contributed by atoms with E-state index in [-0.39, 0.29) is 5.91 Å². The molecule has 0 N–H and O–H groups in total. The summed E-state index contributed by atoms with van der Waals surface area (Å²) < 4.78 is 12.2. The van der Waals surface area contributed by atoms with Crippen LogP contribution in [0, 0.1) is 23.7 Å². The molecule has 2 radical (unpaired) electrons. The average Bonchev–Trinajstić information content (AvgIpc) is 3.20. The molecular weight excluding hydrogens is 288 g/mol. The van der Waals surface area contributed by atoms with Gasteiger partial charge in [0, 0.05) is 13.2 Å². The maximum absolute atomic E-state index is 6.10. The van der Waals surface area contributed by atoms with Gasteiger partial charge < -0.3 is 9.47 Å². The van der Waals surface area contributed by atoms with Gasteiger partial charge in [0.15, 0.2) is 0 Å². The first-order valence-corrected chi connectivity index (χ1v) is 11.0. The third-order valence-corrected chi connectivity index (χ3v) is 8.01. The molecule has 0 aromatic rings. The van der Waals surface area contributed by atoms with Crippen molar-refractivity contribution >= 4 is 9.52 Å². The molecule has 0 spiro atoms. The lowest BCUT2D eigenvalue weighted by Gasteiger charge is -2.33. The van der Waals surface area contributed by atoms with Crippen LogP contribution in [0.15, 0.2) is 0 Å². The molecule has 3 heteroatoms. The molecule has 3 rings (SSSR count). The summed E-state index contributed by atoms with van der Waals surface area (Å²) in [6.07, 6.45) is 12.3. The highest BCUT2D eigenvalue weighted by atomic mass is 28.2. The molecule has 0 aromatic carbocycles. The van der Waals surface area contributed by atoms with Crippen LogP contribution in [0.4, 0.5) is 0 Å². The molecule has 3 saturated carbocycles. The van der Waals surface area contributed by atoms with E-state index in [1.807, 2.05) is 0 Å². The first kappa shape index (κ1) is 17.0. The number of rotatable bonds is 10. The van der Waals surface area contributed by atoms with Gasteiger partial charge in [-0.1, -0.05) is 33.1 Å². The van der Waals surface area contributed by atoms with Gasteiger partial charge in [0.05, 0.1) is 0 Å². The number of hydrogen-bond donors (Lipinski definition) is 0. The highest BCUT2D eigenvalue weighted by Crippen LogP contribution is 2.62. The maximum Gasteiger partial charge on any atom is 0.137 e. The Morgan fingerprint density at radius 2 is 1.59 bits per heavy atom. The van der Waals surface area contributed by atoms with Crippen LogP contribution in [0.3, 0.4) is 0 Å². The van der Waals surface area contributed by atoms with E-state index in [9.17, 15) is 0 Å². The summed E-state index contributed by atoms with van der Waals surface area (Å²) in [7, 11) is 0.879. The first-order valence-electron chi connectivity index (χ1n) is 9.82. The zero-order valence-corrected chi connectivity index (χ0v) is 15.6. The van der Waals surface area contributed by atoms with Gasteiger partial charge in [0.1, 0.15) is 15.4 Å². The van der Waals surface area contributed by atoms with Gasteiger partial charge in [0.2, 0.25) is 0 Å². The van der Waals surface area contributed by atoms with Crippen molar-refractivity contribution in [1.29, 1.82) is 0 Å². The molecule has 3 aliphatic carbocycles. The van der Waals surface area contributed by atoms with Gasteiger partial charge in [0.25, 0.3) is 0 Å². The molecule has 0 aromatic heterocycles. The number of hydrogen-bond acceptors (Lipinski definition) is 2. The van der Waals surface area contributed by atoms with E-state index in [1.165, 1.54) is 57.8 Å². The SMILES string of the molecule is CCCCOC(OCCCC)[Si]C1CC2CC1C1CCCC21. The average molecular weight is 323 g/mol. The van der Waals surface area contributed by atoms with E-state index in [2.05, 4.69) is 13.8 Å². The van der Waals surface area contributed by atoms with Gasteiger partial charge in [-0.25, -0.2) is 0 Å². The molecule has 5 unspecified atom stereocenters. The Kier molecular flexibility index (Phi) is 6.40. The van der Waals surface area contributed by atoms with Gasteiger partial charge in [-0.05, 0) is 67.7 Å². The zero-order valence-electron chi connectivity index (χ0n) is 14.6. The lowest BCUT2D eigenvalue weighted by atomic mass is 9.81. The second-order valence-electron chi connectivity index (χ2n) is 7.71. The monoisotopic (exact) mass is 322 g/mol. The minimum absolute atomic E-state index is 0.0994. The fourth-order valence-electron chi connectivity index (χ4n) is 5.25. The Morgan fingerprint density at radius 3 is 2.27 bits per heavy atom. The Morgan fingerprint density at radius 1 is 0.909 bits per heavy atom. The van der Waals surface area contributed by atoms with Crippen molar-refractivity contribution < 1.29 is 9.47 Å². The third-order valence-electron chi connectivity index (χ3n) is 6.31. The summed E-state index contributed by atoms with van der Waals surface area (Å²) in [6, 6.07) is 0. The van der Waals surface area contributed by atoms with Crippen LogP contribution in [-0.4, -0.2) is 28.6 Å². The largest absolute Gasteiger partial charge is 0.357 e. The van der Waals surface area contributed by atoms with Crippen LogP contribution in [0.5, 0.6) is 0 Å². The summed E-state index contributed by atoms with van der Waals surface area (Å²) in [5.74, 6) is 4.35. The molecule has 0 amide bonds. The highest BCUT2D eigenvalue weighted by molar-refractivity contribution is 6.39. The van der Waals surface area contributed by atoms with E-state index in [0.29, 0.717) is 0 Å². The van der Waals surface area contributed by atoms with E-state index < -0.39 is 0 Å². The van der Waals surface area contributed by atoms with Gasteiger partial charge in [-0.2, -0.15) is 0 Å². The topological polar surface area (TPSA) is 18.5 Å². The lowest BCUT2D eigenvalue weighted by molar-refractivity contribution is -0.0932. The molecule has 2 bridgehead atoms. The standard InChI is InChI=1S/C19H34O2Si/c1-3-5-10-20-19(21-11-6-4-2)22-18-13-14-12-17(18)16-9-7-8-15(14)16/h14-19H,3-13H2,1-2H3. The molecule has 3 aliphatic rings. The lowest BCUT2D eigenvalue weighted by Crippen LogP contribution is -2.33. The fraction of sp³-hybridized carbons (Fsp3) is 1.00. The van der Waals surface area contributed by atoms with Crippen LogP contribution in [0.25, 0.3) is 0 Å². The van der Waals surface area contributed by atoms with Crippen molar-refractivity contribution in [2.45, 2.75) is 83.1 Å². The van der Waals surface area contributed by atoms with E-state index in [1.54, 1.807) is 0 Å². The summed E-state index contributed by atoms with van der Waals surface area (Å²) in [5.41, 5.74) is 0.914. The van der Waals surface area contributed by atoms with Crippen LogP contribution in [0.2, 0.25) is 5.54 Å². The summed E-state index contributed by atoms with van der Waals surface area (Å²) in [5, 5.41) is 0.